The third-order valence-corrected chi connectivity index (χ3v) is 3.56. The topological polar surface area (TPSA) is 132 Å². The zero-order chi connectivity index (χ0) is 16.0. The Morgan fingerprint density at radius 2 is 2.00 bits per heavy atom. The van der Waals surface area contributed by atoms with Crippen LogP contribution in [0.2, 0.25) is 0 Å². The molecule has 1 aromatic carbocycles. The Morgan fingerprint density at radius 3 is 2.73 bits per heavy atom. The summed E-state index contributed by atoms with van der Waals surface area (Å²) in [6, 6.07) is 5.70. The van der Waals surface area contributed by atoms with E-state index in [0.717, 1.165) is 0 Å². The molecule has 1 fully saturated rings. The van der Waals surface area contributed by atoms with Crippen LogP contribution in [-0.2, 0) is 10.5 Å². The number of benzene rings is 1. The Morgan fingerprint density at radius 1 is 1.32 bits per heavy atom. The first-order valence-corrected chi connectivity index (χ1v) is 6.58. The number of hydrogen-bond donors (Lipinski definition) is 5. The molecule has 0 saturated carbocycles. The van der Waals surface area contributed by atoms with Gasteiger partial charge in [-0.2, -0.15) is 5.10 Å². The minimum atomic E-state index is -2.20. The van der Waals surface area contributed by atoms with Crippen LogP contribution in [0.4, 0.5) is 9.59 Å². The molecule has 1 saturated heterocycles. The number of nitrogens with one attached hydrogen (secondary N) is 3. The van der Waals surface area contributed by atoms with Crippen molar-refractivity contribution in [3.8, 4) is 0 Å². The minimum absolute atomic E-state index is 0.1000. The number of urea groups is 1. The van der Waals surface area contributed by atoms with Crippen molar-refractivity contribution in [2.45, 2.75) is 18.4 Å². The van der Waals surface area contributed by atoms with Crippen molar-refractivity contribution >= 4 is 17.8 Å². The molecule has 5 N–H and O–H groups in total. The summed E-state index contributed by atoms with van der Waals surface area (Å²) in [6.07, 6.45) is -0.816. The Bertz CT molecular complexity index is 691. The van der Waals surface area contributed by atoms with Crippen molar-refractivity contribution in [3.05, 3.63) is 35.4 Å². The predicted octanol–water partition coefficient (Wildman–Crippen LogP) is -0.703. The fraction of sp³-hybridized carbons (Fsp3) is 0.308. The van der Waals surface area contributed by atoms with Crippen molar-refractivity contribution in [1.82, 2.24) is 16.1 Å². The van der Waals surface area contributed by atoms with Crippen molar-refractivity contribution in [1.29, 1.82) is 0 Å². The molecule has 1 aromatic rings. The first-order valence-electron chi connectivity index (χ1n) is 6.58. The van der Waals surface area contributed by atoms with E-state index in [1.165, 1.54) is 0 Å². The number of hydrazone groups is 1. The van der Waals surface area contributed by atoms with Crippen molar-refractivity contribution in [2.24, 2.45) is 5.10 Å². The molecule has 1 aliphatic carbocycles. The standard InChI is InChI=1S/C13H14N4O5/c1-2-22-11(19)17-16-9-7-5-3-4-6-8(7)12(20)13(9,21)15-10(18)14-12/h3-6,20-21H,2H2,1H3,(H,17,19)(H2,14,15,18). The molecule has 3 rings (SSSR count). The van der Waals surface area contributed by atoms with Crippen LogP contribution in [0.15, 0.2) is 29.4 Å². The molecule has 0 spiro atoms. The highest BCUT2D eigenvalue weighted by Gasteiger charge is 2.67. The number of carbonyl (C=O) groups excluding carboxylic acids is 2. The minimum Gasteiger partial charge on any atom is -0.449 e. The van der Waals surface area contributed by atoms with E-state index < -0.39 is 23.6 Å². The summed E-state index contributed by atoms with van der Waals surface area (Å²) < 4.78 is 4.68. The second-order valence-corrected chi connectivity index (χ2v) is 4.84. The molecule has 2 aliphatic rings. The maximum Gasteiger partial charge on any atom is 0.427 e. The number of nitrogens with zero attached hydrogens (tertiary/aromatic N) is 1. The molecule has 22 heavy (non-hydrogen) atoms. The summed E-state index contributed by atoms with van der Waals surface area (Å²) in [4.78, 5) is 22.9. The van der Waals surface area contributed by atoms with Crippen molar-refractivity contribution in [3.63, 3.8) is 0 Å². The Labute approximate surface area is 125 Å². The van der Waals surface area contributed by atoms with E-state index in [1.54, 1.807) is 31.2 Å². The Balaban J connectivity index is 2.07. The fourth-order valence-electron chi connectivity index (χ4n) is 2.64. The van der Waals surface area contributed by atoms with E-state index in [9.17, 15) is 19.8 Å². The van der Waals surface area contributed by atoms with Crippen LogP contribution in [0.5, 0.6) is 0 Å². The van der Waals surface area contributed by atoms with Gasteiger partial charge in [0.2, 0.25) is 11.4 Å². The van der Waals surface area contributed by atoms with Gasteiger partial charge in [0.25, 0.3) is 0 Å². The van der Waals surface area contributed by atoms with Gasteiger partial charge < -0.3 is 25.6 Å². The van der Waals surface area contributed by atoms with Crippen LogP contribution in [0.1, 0.15) is 18.1 Å². The number of ether oxygens (including phenoxy) is 1. The first kappa shape index (κ1) is 14.3. The third kappa shape index (κ3) is 1.76. The van der Waals surface area contributed by atoms with E-state index in [2.05, 4.69) is 25.9 Å². The Hall–Kier alpha value is -2.65. The van der Waals surface area contributed by atoms with Gasteiger partial charge in [0.15, 0.2) is 0 Å². The molecule has 1 aliphatic heterocycles. The molecule has 2 unspecified atom stereocenters. The van der Waals surface area contributed by atoms with Gasteiger partial charge in [-0.15, -0.1) is 0 Å². The average molecular weight is 306 g/mol. The highest BCUT2D eigenvalue weighted by molar-refractivity contribution is 6.14. The molecular weight excluding hydrogens is 292 g/mol. The number of amides is 3. The maximum absolute atomic E-state index is 11.6. The van der Waals surface area contributed by atoms with Crippen LogP contribution in [-0.4, -0.2) is 40.4 Å². The quantitative estimate of drug-likeness (QED) is 0.461. The van der Waals surface area contributed by atoms with Crippen molar-refractivity contribution in [2.75, 3.05) is 6.61 Å². The van der Waals surface area contributed by atoms with Crippen LogP contribution < -0.4 is 16.1 Å². The lowest BCUT2D eigenvalue weighted by Crippen LogP contribution is -2.58. The van der Waals surface area contributed by atoms with E-state index >= 15 is 0 Å². The predicted molar refractivity (Wildman–Crippen MR) is 73.7 cm³/mol. The molecule has 9 nitrogen and oxygen atoms in total. The number of rotatable bonds is 2. The maximum atomic E-state index is 11.6. The summed E-state index contributed by atoms with van der Waals surface area (Å²) in [6.45, 7) is 1.78. The molecule has 0 radical (unpaired) electrons. The zero-order valence-corrected chi connectivity index (χ0v) is 11.6. The summed E-state index contributed by atoms with van der Waals surface area (Å²) in [5.41, 5.74) is -1.61. The number of hydrogen-bond acceptors (Lipinski definition) is 6. The van der Waals surface area contributed by atoms with Gasteiger partial charge in [-0.05, 0) is 6.92 Å². The summed E-state index contributed by atoms with van der Waals surface area (Å²) in [7, 11) is 0. The third-order valence-electron chi connectivity index (χ3n) is 3.56. The summed E-state index contributed by atoms with van der Waals surface area (Å²) >= 11 is 0. The molecule has 9 heteroatoms. The molecule has 1 heterocycles. The van der Waals surface area contributed by atoms with E-state index in [0.29, 0.717) is 5.56 Å². The lowest BCUT2D eigenvalue weighted by molar-refractivity contribution is -0.110. The zero-order valence-electron chi connectivity index (χ0n) is 11.6. The highest BCUT2D eigenvalue weighted by Crippen LogP contribution is 2.43. The van der Waals surface area contributed by atoms with Gasteiger partial charge in [0.1, 0.15) is 5.71 Å². The molecular formula is C13H14N4O5. The van der Waals surface area contributed by atoms with E-state index in [4.69, 9.17) is 0 Å². The first-order chi connectivity index (χ1) is 10.4. The lowest BCUT2D eigenvalue weighted by atomic mass is 10.0. The fourth-order valence-corrected chi connectivity index (χ4v) is 2.64. The van der Waals surface area contributed by atoms with Crippen LogP contribution in [0, 0.1) is 0 Å². The normalized spacial score (nSPS) is 30.3. The summed E-state index contributed by atoms with van der Waals surface area (Å²) in [5.74, 6) is 0. The van der Waals surface area contributed by atoms with Gasteiger partial charge in [-0.25, -0.2) is 15.0 Å². The van der Waals surface area contributed by atoms with Crippen molar-refractivity contribution < 1.29 is 24.5 Å². The lowest BCUT2D eigenvalue weighted by Gasteiger charge is -2.29. The molecule has 0 aromatic heterocycles. The van der Waals surface area contributed by atoms with Crippen LogP contribution in [0.3, 0.4) is 0 Å². The summed E-state index contributed by atoms with van der Waals surface area (Å²) in [5, 5.41) is 29.7. The van der Waals surface area contributed by atoms with Gasteiger partial charge in [-0.1, -0.05) is 24.3 Å². The Kier molecular flexibility index (Phi) is 3.04. The second kappa shape index (κ2) is 4.68. The number of aliphatic hydroxyl groups is 2. The van der Waals surface area contributed by atoms with Crippen LogP contribution in [0.25, 0.3) is 0 Å². The number of carbonyl (C=O) groups is 2. The van der Waals surface area contributed by atoms with Crippen LogP contribution >= 0.6 is 0 Å². The largest absolute Gasteiger partial charge is 0.449 e. The molecule has 0 bridgehead atoms. The van der Waals surface area contributed by atoms with Gasteiger partial charge in [-0.3, -0.25) is 0 Å². The molecule has 2 atom stereocenters. The SMILES string of the molecule is CCOC(=O)NN=C1c2ccccc2C2(O)NC(=O)NC12O. The highest BCUT2D eigenvalue weighted by atomic mass is 16.5. The second-order valence-electron chi connectivity index (χ2n) is 4.84. The van der Waals surface area contributed by atoms with Gasteiger partial charge >= 0.3 is 12.1 Å². The van der Waals surface area contributed by atoms with Gasteiger partial charge in [0, 0.05) is 11.1 Å². The monoisotopic (exact) mass is 306 g/mol. The van der Waals surface area contributed by atoms with Gasteiger partial charge in [0.05, 0.1) is 6.61 Å². The van der Waals surface area contributed by atoms with E-state index in [1.807, 2.05) is 0 Å². The van der Waals surface area contributed by atoms with E-state index in [-0.39, 0.29) is 17.9 Å². The average Bonchev–Trinajstić information content (AvgIpc) is 2.79. The molecule has 3 amide bonds. The molecule has 116 valence electrons. The smallest absolute Gasteiger partial charge is 0.427 e. The number of fused-ring (bicyclic) bond motifs is 3.